The van der Waals surface area contributed by atoms with E-state index >= 15 is 0 Å². The minimum absolute atomic E-state index is 0.0414. The molecule has 0 amide bonds. The summed E-state index contributed by atoms with van der Waals surface area (Å²) in [6, 6.07) is 14.4. The summed E-state index contributed by atoms with van der Waals surface area (Å²) in [5, 5.41) is 13.5. The van der Waals surface area contributed by atoms with E-state index < -0.39 is 0 Å². The lowest BCUT2D eigenvalue weighted by Gasteiger charge is -2.13. The first-order chi connectivity index (χ1) is 16.9. The SMILES string of the molecule is COc1cc(/C=C\c2cc(O)c(OC)c(N/C=C\C(=O)c3ccc(C)cc3)c2)cc(OC)c1OC. The highest BCUT2D eigenvalue weighted by molar-refractivity contribution is 6.04. The van der Waals surface area contributed by atoms with Crippen molar-refractivity contribution in [3.8, 4) is 28.7 Å². The Labute approximate surface area is 205 Å². The molecular formula is C28H29NO6. The second kappa shape index (κ2) is 11.7. The maximum atomic E-state index is 12.4. The molecule has 0 atom stereocenters. The molecule has 0 radical (unpaired) electrons. The van der Waals surface area contributed by atoms with Crippen molar-refractivity contribution in [1.82, 2.24) is 0 Å². The molecule has 0 fully saturated rings. The third-order valence-corrected chi connectivity index (χ3v) is 5.26. The first kappa shape index (κ1) is 25.2. The molecule has 7 nitrogen and oxygen atoms in total. The minimum atomic E-state index is -0.140. The van der Waals surface area contributed by atoms with Gasteiger partial charge in [0, 0.05) is 17.8 Å². The van der Waals surface area contributed by atoms with Crippen molar-refractivity contribution in [2.45, 2.75) is 6.92 Å². The lowest BCUT2D eigenvalue weighted by molar-refractivity contribution is 0.104. The maximum Gasteiger partial charge on any atom is 0.203 e. The van der Waals surface area contributed by atoms with Crippen molar-refractivity contribution in [1.29, 1.82) is 0 Å². The van der Waals surface area contributed by atoms with Crippen LogP contribution < -0.4 is 24.3 Å². The van der Waals surface area contributed by atoms with Crippen molar-refractivity contribution in [3.05, 3.63) is 83.1 Å². The topological polar surface area (TPSA) is 86.2 Å². The largest absolute Gasteiger partial charge is 0.504 e. The number of anilines is 1. The number of rotatable bonds is 10. The van der Waals surface area contributed by atoms with E-state index in [4.69, 9.17) is 18.9 Å². The van der Waals surface area contributed by atoms with Crippen LogP contribution in [0.25, 0.3) is 12.2 Å². The lowest BCUT2D eigenvalue weighted by atomic mass is 10.1. The van der Waals surface area contributed by atoms with Crippen molar-refractivity contribution in [2.24, 2.45) is 0 Å². The number of phenols is 1. The average molecular weight is 476 g/mol. The number of ether oxygens (including phenoxy) is 4. The fourth-order valence-corrected chi connectivity index (χ4v) is 3.46. The van der Waals surface area contributed by atoms with Gasteiger partial charge in [0.1, 0.15) is 0 Å². The number of hydrogen-bond donors (Lipinski definition) is 2. The molecule has 0 saturated heterocycles. The highest BCUT2D eigenvalue weighted by Crippen LogP contribution is 2.39. The zero-order valence-corrected chi connectivity index (χ0v) is 20.4. The molecule has 0 spiro atoms. The predicted molar refractivity (Wildman–Crippen MR) is 138 cm³/mol. The molecule has 0 aromatic heterocycles. The molecule has 2 N–H and O–H groups in total. The molecule has 3 aromatic carbocycles. The first-order valence-corrected chi connectivity index (χ1v) is 10.8. The molecule has 0 saturated carbocycles. The van der Waals surface area contributed by atoms with Crippen molar-refractivity contribution < 1.29 is 28.8 Å². The first-order valence-electron chi connectivity index (χ1n) is 10.8. The van der Waals surface area contributed by atoms with E-state index in [1.165, 1.54) is 19.4 Å². The molecule has 7 heteroatoms. The highest BCUT2D eigenvalue weighted by Gasteiger charge is 2.13. The second-order valence-electron chi connectivity index (χ2n) is 7.62. The van der Waals surface area contributed by atoms with Crippen molar-refractivity contribution >= 4 is 23.6 Å². The van der Waals surface area contributed by atoms with Gasteiger partial charge in [0.25, 0.3) is 0 Å². The van der Waals surface area contributed by atoms with E-state index in [0.717, 1.165) is 11.1 Å². The Morgan fingerprint density at radius 3 is 1.91 bits per heavy atom. The summed E-state index contributed by atoms with van der Waals surface area (Å²) in [7, 11) is 6.13. The molecule has 0 heterocycles. The van der Waals surface area contributed by atoms with Gasteiger partial charge in [-0.25, -0.2) is 0 Å². The summed E-state index contributed by atoms with van der Waals surface area (Å²) in [4.78, 5) is 12.4. The normalized spacial score (nSPS) is 11.0. The van der Waals surface area contributed by atoms with Gasteiger partial charge in [0.15, 0.2) is 28.8 Å². The van der Waals surface area contributed by atoms with Gasteiger partial charge in [0.2, 0.25) is 5.75 Å². The smallest absolute Gasteiger partial charge is 0.203 e. The number of aryl methyl sites for hydroxylation is 1. The Morgan fingerprint density at radius 1 is 0.800 bits per heavy atom. The summed E-state index contributed by atoms with van der Waals surface area (Å²) in [6.45, 7) is 1.97. The lowest BCUT2D eigenvalue weighted by Crippen LogP contribution is -1.98. The molecule has 182 valence electrons. The fraction of sp³-hybridized carbons (Fsp3) is 0.179. The van der Waals surface area contributed by atoms with Crippen LogP contribution in [0.5, 0.6) is 28.7 Å². The Morgan fingerprint density at radius 2 is 1.37 bits per heavy atom. The molecule has 3 rings (SSSR count). The van der Waals surface area contributed by atoms with Gasteiger partial charge < -0.3 is 29.4 Å². The van der Waals surface area contributed by atoms with Crippen LogP contribution in [-0.4, -0.2) is 39.3 Å². The number of allylic oxidation sites excluding steroid dienone is 1. The van der Waals surface area contributed by atoms with Crippen LogP contribution in [0.15, 0.2) is 60.8 Å². The molecule has 0 aliphatic heterocycles. The van der Waals surface area contributed by atoms with E-state index in [1.54, 1.807) is 45.6 Å². The van der Waals surface area contributed by atoms with Crippen LogP contribution in [0.1, 0.15) is 27.0 Å². The van der Waals surface area contributed by atoms with Gasteiger partial charge in [0.05, 0.1) is 34.1 Å². The quantitative estimate of drug-likeness (QED) is 0.221. The van der Waals surface area contributed by atoms with Crippen LogP contribution in [0.2, 0.25) is 0 Å². The summed E-state index contributed by atoms with van der Waals surface area (Å²) < 4.78 is 21.5. The fourth-order valence-electron chi connectivity index (χ4n) is 3.46. The maximum absolute atomic E-state index is 12.4. The number of carbonyl (C=O) groups is 1. The third-order valence-electron chi connectivity index (χ3n) is 5.26. The number of aromatic hydroxyl groups is 1. The Hall–Kier alpha value is -4.39. The van der Waals surface area contributed by atoms with E-state index in [2.05, 4.69) is 5.32 Å². The van der Waals surface area contributed by atoms with Gasteiger partial charge in [-0.15, -0.1) is 0 Å². The molecular weight excluding hydrogens is 446 g/mol. The molecule has 0 aliphatic rings. The summed E-state index contributed by atoms with van der Waals surface area (Å²) in [5.41, 5.74) is 3.70. The van der Waals surface area contributed by atoms with Crippen LogP contribution in [-0.2, 0) is 0 Å². The molecule has 3 aromatic rings. The number of carbonyl (C=O) groups excluding carboxylic acids is 1. The minimum Gasteiger partial charge on any atom is -0.504 e. The van der Waals surface area contributed by atoms with Crippen LogP contribution in [0.3, 0.4) is 0 Å². The zero-order valence-electron chi connectivity index (χ0n) is 20.4. The number of hydrogen-bond acceptors (Lipinski definition) is 7. The average Bonchev–Trinajstić information content (AvgIpc) is 2.86. The van der Waals surface area contributed by atoms with Crippen molar-refractivity contribution in [3.63, 3.8) is 0 Å². The number of nitrogens with one attached hydrogen (secondary N) is 1. The monoisotopic (exact) mass is 475 g/mol. The van der Waals surface area contributed by atoms with Crippen LogP contribution in [0, 0.1) is 6.92 Å². The van der Waals surface area contributed by atoms with Crippen LogP contribution in [0.4, 0.5) is 5.69 Å². The Balaban J connectivity index is 1.85. The predicted octanol–water partition coefficient (Wildman–Crippen LogP) is 5.71. The Kier molecular flexibility index (Phi) is 8.40. The highest BCUT2D eigenvalue weighted by atomic mass is 16.5. The third kappa shape index (κ3) is 6.14. The molecule has 0 aliphatic carbocycles. The van der Waals surface area contributed by atoms with Gasteiger partial charge in [-0.05, 0) is 42.3 Å². The van der Waals surface area contributed by atoms with Gasteiger partial charge in [-0.2, -0.15) is 0 Å². The van der Waals surface area contributed by atoms with E-state index in [9.17, 15) is 9.90 Å². The van der Waals surface area contributed by atoms with E-state index in [0.29, 0.717) is 34.1 Å². The number of benzene rings is 3. The molecule has 35 heavy (non-hydrogen) atoms. The standard InChI is InChI=1S/C28H29NO6/c1-18-6-10-21(11-7-18)23(30)12-13-29-22-14-19(15-24(31)27(22)34-4)8-9-20-16-25(32-2)28(35-5)26(17-20)33-3/h6-17,29,31H,1-5H3/b9-8-,13-12-. The number of phenolic OH excluding ortho intramolecular Hbond substituents is 1. The molecule has 0 bridgehead atoms. The zero-order chi connectivity index (χ0) is 25.4. The molecule has 0 unspecified atom stereocenters. The Bertz CT molecular complexity index is 1220. The van der Waals surface area contributed by atoms with E-state index in [1.807, 2.05) is 43.3 Å². The van der Waals surface area contributed by atoms with Crippen molar-refractivity contribution in [2.75, 3.05) is 33.8 Å². The summed E-state index contributed by atoms with van der Waals surface area (Å²) in [6.07, 6.45) is 6.63. The second-order valence-corrected chi connectivity index (χ2v) is 7.62. The summed E-state index contributed by atoms with van der Waals surface area (Å²) >= 11 is 0. The van der Waals surface area contributed by atoms with E-state index in [-0.39, 0.29) is 17.3 Å². The van der Waals surface area contributed by atoms with Crippen LogP contribution >= 0.6 is 0 Å². The number of methoxy groups -OCH3 is 4. The summed E-state index contributed by atoms with van der Waals surface area (Å²) in [5.74, 6) is 1.67. The van der Waals surface area contributed by atoms with Gasteiger partial charge >= 0.3 is 0 Å². The van der Waals surface area contributed by atoms with Gasteiger partial charge in [-0.3, -0.25) is 4.79 Å². The van der Waals surface area contributed by atoms with Gasteiger partial charge in [-0.1, -0.05) is 42.0 Å². The number of ketones is 1.